The van der Waals surface area contributed by atoms with Crippen molar-refractivity contribution in [2.45, 2.75) is 19.9 Å². The van der Waals surface area contributed by atoms with Gasteiger partial charge in [0, 0.05) is 11.6 Å². The Morgan fingerprint density at radius 1 is 1.23 bits per heavy atom. The molecule has 0 saturated carbocycles. The van der Waals surface area contributed by atoms with Crippen LogP contribution in [0.3, 0.4) is 0 Å². The summed E-state index contributed by atoms with van der Waals surface area (Å²) >= 11 is 0.973. The SMILES string of the molecule is CC(C)n1[nH]c(=O)c2c(-c3ccc(C(=O)O)cc3)c3sc(=O)[nH]c3nc21. The highest BCUT2D eigenvalue weighted by Gasteiger charge is 2.21. The first-order valence-electron chi connectivity index (χ1n) is 7.87. The number of rotatable bonds is 3. The van der Waals surface area contributed by atoms with E-state index in [0.717, 1.165) is 11.3 Å². The number of thiazole rings is 1. The van der Waals surface area contributed by atoms with Crippen LogP contribution in [0.25, 0.3) is 32.5 Å². The maximum Gasteiger partial charge on any atom is 0.335 e. The number of nitrogens with one attached hydrogen (secondary N) is 2. The third kappa shape index (κ3) is 2.36. The van der Waals surface area contributed by atoms with Crippen LogP contribution in [-0.2, 0) is 0 Å². The zero-order valence-electron chi connectivity index (χ0n) is 13.9. The number of aromatic amines is 2. The molecule has 4 aromatic rings. The van der Waals surface area contributed by atoms with Crippen molar-refractivity contribution in [2.75, 3.05) is 0 Å². The van der Waals surface area contributed by atoms with E-state index in [-0.39, 0.29) is 22.0 Å². The molecule has 0 aliphatic rings. The number of carbonyl (C=O) groups is 1. The zero-order chi connectivity index (χ0) is 18.6. The maximum absolute atomic E-state index is 12.6. The molecular weight excluding hydrogens is 356 g/mol. The molecule has 132 valence electrons. The van der Waals surface area contributed by atoms with E-state index in [1.54, 1.807) is 16.8 Å². The van der Waals surface area contributed by atoms with Gasteiger partial charge in [-0.1, -0.05) is 23.5 Å². The molecule has 8 nitrogen and oxygen atoms in total. The molecule has 1 aromatic carbocycles. The van der Waals surface area contributed by atoms with E-state index >= 15 is 0 Å². The molecule has 0 bridgehead atoms. The smallest absolute Gasteiger partial charge is 0.335 e. The lowest BCUT2D eigenvalue weighted by Gasteiger charge is -2.09. The molecule has 3 N–H and O–H groups in total. The molecule has 3 aromatic heterocycles. The molecule has 0 saturated heterocycles. The van der Waals surface area contributed by atoms with Crippen molar-refractivity contribution in [1.82, 2.24) is 19.7 Å². The number of benzene rings is 1. The second kappa shape index (κ2) is 5.67. The summed E-state index contributed by atoms with van der Waals surface area (Å²) in [5, 5.41) is 12.3. The van der Waals surface area contributed by atoms with Crippen LogP contribution in [0.15, 0.2) is 33.9 Å². The minimum absolute atomic E-state index is 0.0299. The summed E-state index contributed by atoms with van der Waals surface area (Å²) in [4.78, 5) is 42.5. The normalized spacial score (nSPS) is 11.7. The number of hydrogen-bond acceptors (Lipinski definition) is 5. The van der Waals surface area contributed by atoms with Gasteiger partial charge in [-0.25, -0.2) is 9.78 Å². The van der Waals surface area contributed by atoms with Crippen LogP contribution in [0.4, 0.5) is 0 Å². The first-order chi connectivity index (χ1) is 12.4. The lowest BCUT2D eigenvalue weighted by atomic mass is 10.0. The lowest BCUT2D eigenvalue weighted by molar-refractivity contribution is 0.0697. The molecule has 0 spiro atoms. The number of nitrogens with zero attached hydrogens (tertiary/aromatic N) is 2. The van der Waals surface area contributed by atoms with Crippen LogP contribution in [0, 0.1) is 0 Å². The third-order valence-corrected chi connectivity index (χ3v) is 5.05. The molecule has 0 radical (unpaired) electrons. The number of hydrogen-bond donors (Lipinski definition) is 3. The fourth-order valence-electron chi connectivity index (χ4n) is 2.99. The van der Waals surface area contributed by atoms with Gasteiger partial charge in [0.15, 0.2) is 11.3 Å². The highest BCUT2D eigenvalue weighted by Crippen LogP contribution is 2.34. The molecule has 0 atom stereocenters. The molecule has 0 aliphatic carbocycles. The van der Waals surface area contributed by atoms with Gasteiger partial charge in [0.1, 0.15) is 0 Å². The summed E-state index contributed by atoms with van der Waals surface area (Å²) in [6.45, 7) is 3.83. The fraction of sp³-hybridized carbons (Fsp3) is 0.176. The Morgan fingerprint density at radius 2 is 1.92 bits per heavy atom. The van der Waals surface area contributed by atoms with Gasteiger partial charge >= 0.3 is 10.8 Å². The van der Waals surface area contributed by atoms with Gasteiger partial charge in [-0.3, -0.25) is 24.4 Å². The second-order valence-corrected chi connectivity index (χ2v) is 7.15. The number of H-pyrrole nitrogens is 2. The summed E-state index contributed by atoms with van der Waals surface area (Å²) in [5.74, 6) is -1.03. The van der Waals surface area contributed by atoms with Crippen LogP contribution in [0.2, 0.25) is 0 Å². The highest BCUT2D eigenvalue weighted by atomic mass is 32.1. The summed E-state index contributed by atoms with van der Waals surface area (Å²) in [6.07, 6.45) is 0. The highest BCUT2D eigenvalue weighted by molar-refractivity contribution is 7.17. The first-order valence-corrected chi connectivity index (χ1v) is 8.69. The Bertz CT molecular complexity index is 1270. The predicted octanol–water partition coefficient (Wildman–Crippen LogP) is 2.57. The van der Waals surface area contributed by atoms with Gasteiger partial charge in [-0.15, -0.1) is 0 Å². The number of fused-ring (bicyclic) bond motifs is 2. The molecule has 0 amide bonds. The minimum Gasteiger partial charge on any atom is -0.478 e. The molecule has 3 heterocycles. The molecule has 9 heteroatoms. The van der Waals surface area contributed by atoms with Crippen molar-refractivity contribution in [3.05, 3.63) is 49.9 Å². The molecule has 4 rings (SSSR count). The second-order valence-electron chi connectivity index (χ2n) is 6.16. The molecule has 0 unspecified atom stereocenters. The third-order valence-electron chi connectivity index (χ3n) is 4.16. The van der Waals surface area contributed by atoms with Gasteiger partial charge in [-0.05, 0) is 31.5 Å². The van der Waals surface area contributed by atoms with Crippen molar-refractivity contribution in [3.8, 4) is 11.1 Å². The van der Waals surface area contributed by atoms with Crippen molar-refractivity contribution in [1.29, 1.82) is 0 Å². The number of carboxylic acid groups (broad SMARTS) is 1. The Morgan fingerprint density at radius 3 is 2.54 bits per heavy atom. The van der Waals surface area contributed by atoms with Gasteiger partial charge in [0.25, 0.3) is 5.56 Å². The number of pyridine rings is 1. The van der Waals surface area contributed by atoms with Crippen LogP contribution < -0.4 is 10.4 Å². The van der Waals surface area contributed by atoms with Crippen molar-refractivity contribution >= 4 is 38.7 Å². The average molecular weight is 370 g/mol. The summed E-state index contributed by atoms with van der Waals surface area (Å²) < 4.78 is 2.22. The summed E-state index contributed by atoms with van der Waals surface area (Å²) in [7, 11) is 0. The van der Waals surface area contributed by atoms with Crippen molar-refractivity contribution < 1.29 is 9.90 Å². The van der Waals surface area contributed by atoms with Crippen molar-refractivity contribution in [2.24, 2.45) is 0 Å². The standard InChI is InChI=1S/C17H14N4O4S/c1-7(2)21-14-11(15(22)20-21)10(12-13(18-14)19-17(25)26-12)8-3-5-9(6-4-8)16(23)24/h3-7H,1-2H3,(H,20,22)(H,23,24)(H,18,19,25). The number of aromatic nitrogens is 4. The Hall–Kier alpha value is -3.20. The monoisotopic (exact) mass is 370 g/mol. The van der Waals surface area contributed by atoms with Gasteiger partial charge in [-0.2, -0.15) is 0 Å². The Balaban J connectivity index is 2.15. The molecular formula is C17H14N4O4S. The maximum atomic E-state index is 12.6. The summed E-state index contributed by atoms with van der Waals surface area (Å²) in [5.41, 5.74) is 1.91. The van der Waals surface area contributed by atoms with E-state index in [2.05, 4.69) is 15.1 Å². The van der Waals surface area contributed by atoms with Crippen LogP contribution in [0.1, 0.15) is 30.2 Å². The van der Waals surface area contributed by atoms with Crippen LogP contribution in [0.5, 0.6) is 0 Å². The van der Waals surface area contributed by atoms with Gasteiger partial charge in [0.05, 0.1) is 15.6 Å². The summed E-state index contributed by atoms with van der Waals surface area (Å²) in [6, 6.07) is 6.18. The minimum atomic E-state index is -1.03. The fourth-order valence-corrected chi connectivity index (χ4v) is 3.84. The Labute approximate surface area is 149 Å². The van der Waals surface area contributed by atoms with E-state index in [1.807, 2.05) is 13.8 Å². The van der Waals surface area contributed by atoms with Gasteiger partial charge in [0.2, 0.25) is 0 Å². The molecule has 0 fully saturated rings. The Kier molecular flexibility index (Phi) is 3.55. The quantitative estimate of drug-likeness (QED) is 0.512. The van der Waals surface area contributed by atoms with Gasteiger partial charge < -0.3 is 5.11 Å². The number of carboxylic acids is 1. The van der Waals surface area contributed by atoms with E-state index < -0.39 is 5.97 Å². The average Bonchev–Trinajstić information content (AvgIpc) is 3.12. The van der Waals surface area contributed by atoms with Crippen LogP contribution >= 0.6 is 11.3 Å². The largest absolute Gasteiger partial charge is 0.478 e. The lowest BCUT2D eigenvalue weighted by Crippen LogP contribution is -2.08. The number of aromatic carboxylic acids is 1. The van der Waals surface area contributed by atoms with Crippen molar-refractivity contribution in [3.63, 3.8) is 0 Å². The van der Waals surface area contributed by atoms with E-state index in [9.17, 15) is 14.4 Å². The van der Waals surface area contributed by atoms with E-state index in [4.69, 9.17) is 5.11 Å². The molecule has 26 heavy (non-hydrogen) atoms. The van der Waals surface area contributed by atoms with E-state index in [1.165, 1.54) is 12.1 Å². The topological polar surface area (TPSA) is 121 Å². The van der Waals surface area contributed by atoms with Crippen LogP contribution in [-0.4, -0.2) is 30.8 Å². The first kappa shape index (κ1) is 16.3. The predicted molar refractivity (Wildman–Crippen MR) is 99.1 cm³/mol. The van der Waals surface area contributed by atoms with E-state index in [0.29, 0.717) is 32.5 Å². The molecule has 0 aliphatic heterocycles. The zero-order valence-corrected chi connectivity index (χ0v) is 14.7.